The van der Waals surface area contributed by atoms with E-state index in [-0.39, 0.29) is 24.5 Å². The topological polar surface area (TPSA) is 155 Å². The van der Waals surface area contributed by atoms with Gasteiger partial charge in [-0.15, -0.1) is 0 Å². The molecule has 3 aliphatic heterocycles. The average Bonchev–Trinajstić information content (AvgIpc) is 3.80. The number of aliphatic hydroxyl groups excluding tert-OH is 1. The lowest BCUT2D eigenvalue weighted by Gasteiger charge is -2.46. The number of anilines is 1. The number of nitrogens with one attached hydrogen (secondary N) is 1. The van der Waals surface area contributed by atoms with Crippen molar-refractivity contribution in [3.63, 3.8) is 0 Å². The molecule has 0 aromatic heterocycles. The number of carboxylic acid groups (broad SMARTS) is 1. The van der Waals surface area contributed by atoms with Gasteiger partial charge in [-0.25, -0.2) is 9.69 Å². The van der Waals surface area contributed by atoms with Crippen LogP contribution in [0.25, 0.3) is 0 Å². The number of urea groups is 1. The third-order valence-electron chi connectivity index (χ3n) is 12.6. The molecule has 65 heavy (non-hydrogen) atoms. The summed E-state index contributed by atoms with van der Waals surface area (Å²) >= 11 is 0. The van der Waals surface area contributed by atoms with Crippen molar-refractivity contribution in [2.45, 2.75) is 42.6 Å². The van der Waals surface area contributed by atoms with Gasteiger partial charge in [0, 0.05) is 11.1 Å². The zero-order valence-electron chi connectivity index (χ0n) is 35.5. The second kappa shape index (κ2) is 17.8. The maximum absolute atomic E-state index is 16.2. The Balaban J connectivity index is 1.30. The van der Waals surface area contributed by atoms with E-state index in [2.05, 4.69) is 17.2 Å². The van der Waals surface area contributed by atoms with Crippen LogP contribution in [0.3, 0.4) is 0 Å². The van der Waals surface area contributed by atoms with Crippen LogP contribution in [0.1, 0.15) is 70.1 Å². The van der Waals surface area contributed by atoms with Crippen LogP contribution in [0.2, 0.25) is 0 Å². The molecule has 0 aliphatic carbocycles. The standard InChI is InChI=1S/C53H45N3O9/c1-33(36-12-6-3-7-13-36)54-52(62)55-43-29-22-35(19-18-34-20-25-40(63-2)26-21-34)32-42(43)53(51(55)61)44(49(58)59)46-50(60)65-47(38-16-10-5-11-17-38)45(37-14-8-4-9-15-37)56(46)48(53)39-23-27-41(28-24-39)64-31-30-57/h3-17,20-29,32-33,44-48,57H,30-31H2,1-2H3,(H,54,62)(H,58,59). The number of esters is 1. The zero-order chi connectivity index (χ0) is 45.2. The quantitative estimate of drug-likeness (QED) is 0.0923. The Morgan fingerprint density at radius 1 is 0.754 bits per heavy atom. The number of imide groups is 1. The van der Waals surface area contributed by atoms with Crippen LogP contribution < -0.4 is 19.7 Å². The molecule has 6 aromatic carbocycles. The van der Waals surface area contributed by atoms with Crippen LogP contribution in [0, 0.1) is 17.8 Å². The molecule has 9 rings (SSSR count). The van der Waals surface area contributed by atoms with Gasteiger partial charge in [0.15, 0.2) is 0 Å². The van der Waals surface area contributed by atoms with Crippen molar-refractivity contribution < 1.29 is 43.6 Å². The highest BCUT2D eigenvalue weighted by Gasteiger charge is 2.76. The van der Waals surface area contributed by atoms with Crippen LogP contribution in [0.4, 0.5) is 10.5 Å². The molecule has 2 fully saturated rings. The summed E-state index contributed by atoms with van der Waals surface area (Å²) in [4.78, 5) is 63.1. The Morgan fingerprint density at radius 3 is 1.98 bits per heavy atom. The van der Waals surface area contributed by atoms with Crippen molar-refractivity contribution in [3.8, 4) is 23.3 Å². The molecule has 3 heterocycles. The van der Waals surface area contributed by atoms with Gasteiger partial charge in [0.25, 0.3) is 0 Å². The lowest BCUT2D eigenvalue weighted by molar-refractivity contribution is -0.179. The van der Waals surface area contributed by atoms with E-state index in [0.717, 1.165) is 10.5 Å². The third-order valence-corrected chi connectivity index (χ3v) is 12.6. The Morgan fingerprint density at radius 2 is 1.35 bits per heavy atom. The summed E-state index contributed by atoms with van der Waals surface area (Å²) in [7, 11) is 1.57. The predicted octanol–water partition coefficient (Wildman–Crippen LogP) is 7.69. The molecule has 3 aliphatic rings. The fourth-order valence-corrected chi connectivity index (χ4v) is 9.77. The number of carbonyl (C=O) groups excluding carboxylic acids is 3. The van der Waals surface area contributed by atoms with Gasteiger partial charge in [-0.3, -0.25) is 19.3 Å². The number of carboxylic acids is 1. The monoisotopic (exact) mass is 867 g/mol. The number of hydrogen-bond acceptors (Lipinski definition) is 9. The summed E-state index contributed by atoms with van der Waals surface area (Å²) in [6.45, 7) is 1.60. The number of aliphatic carboxylic acids is 1. The molecule has 3 amide bonds. The molecule has 2 saturated heterocycles. The van der Waals surface area contributed by atoms with Crippen molar-refractivity contribution >= 4 is 29.6 Å². The number of methoxy groups -OCH3 is 1. The second-order valence-corrected chi connectivity index (χ2v) is 16.2. The Kier molecular flexibility index (Phi) is 11.7. The van der Waals surface area contributed by atoms with E-state index < -0.39 is 65.5 Å². The van der Waals surface area contributed by atoms with Gasteiger partial charge < -0.3 is 29.7 Å². The smallest absolute Gasteiger partial charge is 0.329 e. The van der Waals surface area contributed by atoms with E-state index >= 15 is 4.79 Å². The number of carbonyl (C=O) groups is 4. The summed E-state index contributed by atoms with van der Waals surface area (Å²) in [5.41, 5.74) is 2.00. The van der Waals surface area contributed by atoms with Gasteiger partial charge in [-0.05, 0) is 89.3 Å². The molecular formula is C53H45N3O9. The first-order valence-electron chi connectivity index (χ1n) is 21.3. The Hall–Kier alpha value is -7.72. The van der Waals surface area contributed by atoms with Crippen LogP contribution in [-0.4, -0.2) is 65.4 Å². The van der Waals surface area contributed by atoms with Crippen LogP contribution in [0.15, 0.2) is 158 Å². The molecule has 7 unspecified atom stereocenters. The molecule has 0 radical (unpaired) electrons. The number of cyclic esters (lactones) is 1. The van der Waals surface area contributed by atoms with E-state index in [1.54, 1.807) is 68.6 Å². The summed E-state index contributed by atoms with van der Waals surface area (Å²) in [6.07, 6.45) is -0.939. The first-order chi connectivity index (χ1) is 31.6. The van der Waals surface area contributed by atoms with E-state index in [9.17, 15) is 24.6 Å². The summed E-state index contributed by atoms with van der Waals surface area (Å²) in [5, 5.41) is 24.2. The number of fused-ring (bicyclic) bond motifs is 3. The van der Waals surface area contributed by atoms with Crippen LogP contribution in [0.5, 0.6) is 11.5 Å². The first-order valence-corrected chi connectivity index (χ1v) is 21.3. The molecule has 1 spiro atoms. The third kappa shape index (κ3) is 7.54. The second-order valence-electron chi connectivity index (χ2n) is 16.2. The molecule has 326 valence electrons. The summed E-state index contributed by atoms with van der Waals surface area (Å²) in [6, 6.07) is 42.0. The molecular weight excluding hydrogens is 823 g/mol. The maximum atomic E-state index is 16.2. The van der Waals surface area contributed by atoms with E-state index in [0.29, 0.717) is 39.3 Å². The van der Waals surface area contributed by atoms with E-state index in [1.807, 2.05) is 108 Å². The van der Waals surface area contributed by atoms with E-state index in [1.165, 1.54) is 0 Å². The SMILES string of the molecule is COc1ccc(C#Cc2ccc3c(c2)C2(C(=O)N3C(=O)NC(C)c3ccccc3)C(C(=O)O)C3C(=O)OC(c4ccccc4)C(c4ccccc4)N3C2c2ccc(OCCO)cc2)cc1. The van der Waals surface area contributed by atoms with Crippen molar-refractivity contribution in [1.29, 1.82) is 0 Å². The first kappa shape index (κ1) is 42.6. The number of ether oxygens (including phenoxy) is 3. The minimum Gasteiger partial charge on any atom is -0.497 e. The van der Waals surface area contributed by atoms with Crippen LogP contribution in [-0.2, 0) is 24.5 Å². The van der Waals surface area contributed by atoms with Crippen molar-refractivity contribution in [3.05, 3.63) is 197 Å². The minimum absolute atomic E-state index is 0.0281. The summed E-state index contributed by atoms with van der Waals surface area (Å²) < 4.78 is 17.5. The fourth-order valence-electron chi connectivity index (χ4n) is 9.77. The molecule has 0 bridgehead atoms. The van der Waals surface area contributed by atoms with Gasteiger partial charge in [-0.2, -0.15) is 0 Å². The number of benzene rings is 6. The van der Waals surface area contributed by atoms with Gasteiger partial charge in [0.1, 0.15) is 41.6 Å². The lowest BCUT2D eigenvalue weighted by Crippen LogP contribution is -2.54. The average molecular weight is 868 g/mol. The number of rotatable bonds is 10. The van der Waals surface area contributed by atoms with Gasteiger partial charge in [0.05, 0.1) is 37.5 Å². The molecule has 7 atom stereocenters. The normalized spacial score (nSPS) is 22.5. The predicted molar refractivity (Wildman–Crippen MR) is 241 cm³/mol. The fraction of sp³-hybridized carbons (Fsp3) is 0.208. The maximum Gasteiger partial charge on any atom is 0.329 e. The number of nitrogens with zero attached hydrogens (tertiary/aromatic N) is 2. The molecule has 3 N–H and O–H groups in total. The molecule has 6 aromatic rings. The van der Waals surface area contributed by atoms with E-state index in [4.69, 9.17) is 14.2 Å². The van der Waals surface area contributed by atoms with Crippen LogP contribution >= 0.6 is 0 Å². The molecule has 12 nitrogen and oxygen atoms in total. The summed E-state index contributed by atoms with van der Waals surface area (Å²) in [5.74, 6) is 2.58. The number of aliphatic hydroxyl groups is 1. The van der Waals surface area contributed by atoms with Crippen molar-refractivity contribution in [1.82, 2.24) is 10.2 Å². The number of hydrogen-bond donors (Lipinski definition) is 3. The van der Waals surface area contributed by atoms with Gasteiger partial charge in [0.2, 0.25) is 5.91 Å². The number of amides is 3. The van der Waals surface area contributed by atoms with Gasteiger partial charge >= 0.3 is 18.0 Å². The molecule has 12 heteroatoms. The highest BCUT2D eigenvalue weighted by atomic mass is 16.6. The largest absolute Gasteiger partial charge is 0.497 e. The zero-order valence-corrected chi connectivity index (χ0v) is 35.5. The highest BCUT2D eigenvalue weighted by molar-refractivity contribution is 6.24. The Bertz CT molecular complexity index is 2790. The minimum atomic E-state index is -2.14. The van der Waals surface area contributed by atoms with Gasteiger partial charge in [-0.1, -0.05) is 115 Å². The Labute approximate surface area is 376 Å². The van der Waals surface area contributed by atoms with Crippen molar-refractivity contribution in [2.75, 3.05) is 25.2 Å². The molecule has 0 saturated carbocycles. The highest BCUT2D eigenvalue weighted by Crippen LogP contribution is 2.66. The number of morpholine rings is 1. The van der Waals surface area contributed by atoms with Crippen molar-refractivity contribution in [2.24, 2.45) is 5.92 Å². The lowest BCUT2D eigenvalue weighted by atomic mass is 9.65.